The zero-order valence-electron chi connectivity index (χ0n) is 6.44. The van der Waals surface area contributed by atoms with Gasteiger partial charge in [0.15, 0.2) is 10.5 Å². The Kier molecular flexibility index (Phi) is 1.45. The summed E-state index contributed by atoms with van der Waals surface area (Å²) in [5, 5.41) is 0. The summed E-state index contributed by atoms with van der Waals surface area (Å²) in [6.07, 6.45) is 3.72. The highest BCUT2D eigenvalue weighted by Gasteiger charge is 2.05. The molecular weight excluding hydrogens is 250 g/mol. The van der Waals surface area contributed by atoms with Gasteiger partial charge < -0.3 is 0 Å². The maximum Gasteiger partial charge on any atom is 0.175 e. The Labute approximate surface area is 86.2 Å². The number of rotatable bonds is 0. The van der Waals surface area contributed by atoms with Crippen LogP contribution in [-0.4, -0.2) is 14.4 Å². The number of hydrogen-bond acceptors (Lipinski definition) is 3. The van der Waals surface area contributed by atoms with Gasteiger partial charge in [0.25, 0.3) is 0 Å². The minimum atomic E-state index is 0.772. The zero-order chi connectivity index (χ0) is 8.84. The molecule has 3 rings (SSSR count). The topological polar surface area (TPSA) is 30.2 Å². The maximum absolute atomic E-state index is 4.36. The maximum atomic E-state index is 4.36. The molecule has 0 saturated heterocycles. The number of fused-ring (bicyclic) bond motifs is 3. The molecule has 0 amide bonds. The highest BCUT2D eigenvalue weighted by atomic mass is 79.9. The lowest BCUT2D eigenvalue weighted by molar-refractivity contribution is 1.17. The third kappa shape index (κ3) is 1.00. The molecule has 0 atom stereocenters. The van der Waals surface area contributed by atoms with Crippen LogP contribution in [0.15, 0.2) is 29.1 Å². The average Bonchev–Trinajstić information content (AvgIpc) is 2.64. The highest BCUT2D eigenvalue weighted by molar-refractivity contribution is 9.10. The summed E-state index contributed by atoms with van der Waals surface area (Å²) in [6.45, 7) is 0. The summed E-state index contributed by atoms with van der Waals surface area (Å²) in [4.78, 5) is 10.8. The van der Waals surface area contributed by atoms with E-state index in [9.17, 15) is 0 Å². The fourth-order valence-corrected chi connectivity index (χ4v) is 2.50. The first-order chi connectivity index (χ1) is 6.34. The molecule has 5 heteroatoms. The van der Waals surface area contributed by atoms with Crippen molar-refractivity contribution < 1.29 is 0 Å². The van der Waals surface area contributed by atoms with Gasteiger partial charge in [-0.3, -0.25) is 4.40 Å². The van der Waals surface area contributed by atoms with Gasteiger partial charge in [-0.1, -0.05) is 11.3 Å². The van der Waals surface area contributed by atoms with Crippen molar-refractivity contribution in [3.8, 4) is 0 Å². The summed E-state index contributed by atoms with van der Waals surface area (Å²) >= 11 is 4.95. The van der Waals surface area contributed by atoms with Gasteiger partial charge >= 0.3 is 0 Å². The first-order valence-electron chi connectivity index (χ1n) is 3.73. The first-order valence-corrected chi connectivity index (χ1v) is 5.34. The van der Waals surface area contributed by atoms with Gasteiger partial charge in [-0.15, -0.1) is 0 Å². The van der Waals surface area contributed by atoms with Crippen LogP contribution in [0.5, 0.6) is 0 Å². The number of nitrogens with zero attached hydrogens (tertiary/aromatic N) is 3. The van der Waals surface area contributed by atoms with Gasteiger partial charge in [0, 0.05) is 6.20 Å². The predicted molar refractivity (Wildman–Crippen MR) is 56.1 cm³/mol. The van der Waals surface area contributed by atoms with Crippen LogP contribution in [0.3, 0.4) is 0 Å². The molecule has 3 aromatic heterocycles. The summed E-state index contributed by atoms with van der Waals surface area (Å²) < 4.78 is 2.81. The van der Waals surface area contributed by atoms with Crippen molar-refractivity contribution in [2.24, 2.45) is 0 Å². The Morgan fingerprint density at radius 1 is 1.46 bits per heavy atom. The van der Waals surface area contributed by atoms with E-state index < -0.39 is 0 Å². The molecule has 0 fully saturated rings. The first kappa shape index (κ1) is 7.46. The van der Waals surface area contributed by atoms with Crippen LogP contribution in [0.2, 0.25) is 0 Å². The number of thiazole rings is 1. The van der Waals surface area contributed by atoms with Gasteiger partial charge in [0.1, 0.15) is 9.43 Å². The third-order valence-corrected chi connectivity index (χ3v) is 3.24. The van der Waals surface area contributed by atoms with Gasteiger partial charge in [-0.05, 0) is 28.1 Å². The quantitative estimate of drug-likeness (QED) is 0.617. The molecule has 0 aromatic carbocycles. The summed E-state index contributed by atoms with van der Waals surface area (Å²) in [6, 6.07) is 4.07. The van der Waals surface area contributed by atoms with Gasteiger partial charge in [-0.25, -0.2) is 9.97 Å². The Bertz CT molecular complexity index is 583. The molecular formula is C8H4BrN3S. The van der Waals surface area contributed by atoms with E-state index in [0.717, 1.165) is 15.1 Å². The molecule has 0 radical (unpaired) electrons. The van der Waals surface area contributed by atoms with Crippen LogP contribution in [0.25, 0.3) is 15.3 Å². The van der Waals surface area contributed by atoms with Crippen LogP contribution in [0.4, 0.5) is 0 Å². The molecule has 0 unspecified atom stereocenters. The predicted octanol–water partition coefficient (Wildman–Crippen LogP) is 2.71. The molecule has 64 valence electrons. The molecule has 13 heavy (non-hydrogen) atoms. The molecule has 0 N–H and O–H groups in total. The van der Waals surface area contributed by atoms with E-state index in [1.807, 2.05) is 16.7 Å². The molecule has 3 nitrogen and oxygen atoms in total. The average molecular weight is 254 g/mol. The lowest BCUT2D eigenvalue weighted by atomic mass is 10.7. The summed E-state index contributed by atoms with van der Waals surface area (Å²) in [5.74, 6) is 0. The van der Waals surface area contributed by atoms with E-state index in [1.165, 1.54) is 4.83 Å². The Morgan fingerprint density at radius 2 is 2.38 bits per heavy atom. The lowest BCUT2D eigenvalue weighted by Gasteiger charge is -1.90. The Hall–Kier alpha value is -0.940. The van der Waals surface area contributed by atoms with E-state index >= 15 is 0 Å². The van der Waals surface area contributed by atoms with E-state index in [4.69, 9.17) is 0 Å². The van der Waals surface area contributed by atoms with E-state index in [1.54, 1.807) is 17.5 Å². The second-order valence-corrected chi connectivity index (χ2v) is 4.46. The van der Waals surface area contributed by atoms with Crippen molar-refractivity contribution in [3.05, 3.63) is 29.1 Å². The van der Waals surface area contributed by atoms with Gasteiger partial charge in [0.2, 0.25) is 0 Å². The van der Waals surface area contributed by atoms with Crippen molar-refractivity contribution in [2.75, 3.05) is 0 Å². The molecule has 3 heterocycles. The second-order valence-electron chi connectivity index (χ2n) is 2.64. The van der Waals surface area contributed by atoms with E-state index in [-0.39, 0.29) is 0 Å². The van der Waals surface area contributed by atoms with Crippen LogP contribution < -0.4 is 0 Å². The van der Waals surface area contributed by atoms with Crippen molar-refractivity contribution in [1.29, 1.82) is 0 Å². The van der Waals surface area contributed by atoms with Crippen molar-refractivity contribution in [2.45, 2.75) is 0 Å². The fraction of sp³-hybridized carbons (Fsp3) is 0. The van der Waals surface area contributed by atoms with Crippen LogP contribution in [-0.2, 0) is 0 Å². The minimum Gasteiger partial charge on any atom is -0.290 e. The monoisotopic (exact) mass is 253 g/mol. The molecule has 0 aliphatic heterocycles. The molecule has 0 bridgehead atoms. The molecule has 0 spiro atoms. The van der Waals surface area contributed by atoms with Crippen molar-refractivity contribution >= 4 is 42.6 Å². The Balaban J connectivity index is 2.61. The third-order valence-electron chi connectivity index (χ3n) is 1.83. The van der Waals surface area contributed by atoms with Gasteiger partial charge in [-0.2, -0.15) is 0 Å². The van der Waals surface area contributed by atoms with Crippen LogP contribution >= 0.6 is 27.3 Å². The Morgan fingerprint density at radius 3 is 3.31 bits per heavy atom. The minimum absolute atomic E-state index is 0.772. The van der Waals surface area contributed by atoms with E-state index in [2.05, 4.69) is 32.0 Å². The molecule has 3 aromatic rings. The number of halogens is 1. The summed E-state index contributed by atoms with van der Waals surface area (Å²) in [7, 11) is 0. The van der Waals surface area contributed by atoms with E-state index in [0.29, 0.717) is 0 Å². The fourth-order valence-electron chi connectivity index (χ4n) is 1.30. The van der Waals surface area contributed by atoms with Crippen molar-refractivity contribution in [3.63, 3.8) is 0 Å². The van der Waals surface area contributed by atoms with Gasteiger partial charge in [0.05, 0.1) is 6.20 Å². The van der Waals surface area contributed by atoms with Crippen molar-refractivity contribution in [1.82, 2.24) is 14.4 Å². The smallest absolute Gasteiger partial charge is 0.175 e. The SMILES string of the molecule is Brc1cnc2sc3cccn3c2n1. The summed E-state index contributed by atoms with van der Waals surface area (Å²) in [5.41, 5.74) is 0.916. The standard InChI is InChI=1S/C8H4BrN3S/c9-5-4-10-8-7(11-5)12-3-1-2-6(12)13-8/h1-4H. The number of aromatic nitrogens is 3. The zero-order valence-corrected chi connectivity index (χ0v) is 8.84. The largest absolute Gasteiger partial charge is 0.290 e. The van der Waals surface area contributed by atoms with Crippen LogP contribution in [0.1, 0.15) is 0 Å². The lowest BCUT2D eigenvalue weighted by Crippen LogP contribution is -1.84. The second kappa shape index (κ2) is 2.52. The molecule has 0 saturated carbocycles. The highest BCUT2D eigenvalue weighted by Crippen LogP contribution is 2.24. The molecule has 0 aliphatic carbocycles. The molecule has 0 aliphatic rings. The van der Waals surface area contributed by atoms with Crippen LogP contribution in [0, 0.1) is 0 Å². The normalized spacial score (nSPS) is 11.5. The number of hydrogen-bond donors (Lipinski definition) is 0.